The lowest BCUT2D eigenvalue weighted by molar-refractivity contribution is 0.547. The lowest BCUT2D eigenvalue weighted by Crippen LogP contribution is -2.19. The average Bonchev–Trinajstić information content (AvgIpc) is 2.72. The van der Waals surface area contributed by atoms with E-state index in [1.54, 1.807) is 0 Å². The summed E-state index contributed by atoms with van der Waals surface area (Å²) in [7, 11) is 0. The Morgan fingerprint density at radius 3 is 3.00 bits per heavy atom. The molecule has 1 aromatic heterocycles. The molecule has 1 aromatic rings. The van der Waals surface area contributed by atoms with Crippen molar-refractivity contribution in [1.29, 1.82) is 0 Å². The molecule has 0 spiro atoms. The molecule has 98 valence electrons. The molecule has 0 aromatic carbocycles. The van der Waals surface area contributed by atoms with Crippen LogP contribution in [-0.4, -0.2) is 33.0 Å². The summed E-state index contributed by atoms with van der Waals surface area (Å²) in [5.74, 6) is 3.08. The van der Waals surface area contributed by atoms with Gasteiger partial charge in [-0.2, -0.15) is 11.8 Å². The van der Waals surface area contributed by atoms with E-state index < -0.39 is 0 Å². The van der Waals surface area contributed by atoms with Gasteiger partial charge in [-0.1, -0.05) is 26.0 Å². The Morgan fingerprint density at radius 2 is 2.29 bits per heavy atom. The van der Waals surface area contributed by atoms with Crippen LogP contribution in [0.15, 0.2) is 6.20 Å². The lowest BCUT2D eigenvalue weighted by Gasteiger charge is -2.04. The quantitative estimate of drug-likeness (QED) is 0.688. The van der Waals surface area contributed by atoms with Gasteiger partial charge in [-0.05, 0) is 30.4 Å². The fourth-order valence-electron chi connectivity index (χ4n) is 1.49. The van der Waals surface area contributed by atoms with E-state index in [4.69, 9.17) is 0 Å². The zero-order chi connectivity index (χ0) is 12.5. The molecule has 5 heteroatoms. The summed E-state index contributed by atoms with van der Waals surface area (Å²) in [4.78, 5) is 0. The summed E-state index contributed by atoms with van der Waals surface area (Å²) >= 11 is 1.98. The molecule has 0 aliphatic carbocycles. The van der Waals surface area contributed by atoms with Crippen molar-refractivity contribution in [3.63, 3.8) is 0 Å². The first-order chi connectivity index (χ1) is 8.22. The molecule has 0 radical (unpaired) electrons. The van der Waals surface area contributed by atoms with Crippen molar-refractivity contribution < 1.29 is 0 Å². The number of hydrogen-bond donors (Lipinski definition) is 1. The zero-order valence-electron chi connectivity index (χ0n) is 11.1. The minimum absolute atomic E-state index is 0.677. The number of nitrogens with one attached hydrogen (secondary N) is 1. The van der Waals surface area contributed by atoms with E-state index in [-0.39, 0.29) is 0 Å². The third-order valence-corrected chi connectivity index (χ3v) is 3.31. The first-order valence-electron chi connectivity index (χ1n) is 6.39. The molecule has 0 aliphatic rings. The van der Waals surface area contributed by atoms with Crippen LogP contribution in [0.4, 0.5) is 0 Å². The topological polar surface area (TPSA) is 42.7 Å². The Hall–Kier alpha value is -0.550. The summed E-state index contributed by atoms with van der Waals surface area (Å²) in [6.07, 6.45) is 3.21. The fraction of sp³-hybridized carbons (Fsp3) is 0.833. The van der Waals surface area contributed by atoms with Crippen LogP contribution >= 0.6 is 11.8 Å². The molecule has 1 N–H and O–H groups in total. The van der Waals surface area contributed by atoms with E-state index in [0.29, 0.717) is 5.92 Å². The maximum Gasteiger partial charge on any atom is 0.0964 e. The predicted octanol–water partition coefficient (Wildman–Crippen LogP) is 2.17. The van der Waals surface area contributed by atoms with E-state index in [0.717, 1.165) is 25.3 Å². The van der Waals surface area contributed by atoms with Crippen molar-refractivity contribution in [2.75, 3.05) is 18.1 Å². The lowest BCUT2D eigenvalue weighted by atomic mass is 10.2. The van der Waals surface area contributed by atoms with Gasteiger partial charge in [-0.15, -0.1) is 5.10 Å². The van der Waals surface area contributed by atoms with Crippen LogP contribution in [0.25, 0.3) is 0 Å². The Bertz CT molecular complexity index is 298. The average molecular weight is 256 g/mol. The highest BCUT2D eigenvalue weighted by Crippen LogP contribution is 2.02. The Kier molecular flexibility index (Phi) is 7.28. The number of thioether (sulfide) groups is 1. The van der Waals surface area contributed by atoms with E-state index in [9.17, 15) is 0 Å². The Balaban J connectivity index is 2.18. The fourth-order valence-corrected chi connectivity index (χ4v) is 2.11. The number of hydrogen-bond acceptors (Lipinski definition) is 4. The zero-order valence-corrected chi connectivity index (χ0v) is 12.0. The van der Waals surface area contributed by atoms with Gasteiger partial charge in [0.25, 0.3) is 0 Å². The molecule has 0 amide bonds. The maximum atomic E-state index is 4.16. The van der Waals surface area contributed by atoms with E-state index in [2.05, 4.69) is 36.4 Å². The van der Waals surface area contributed by atoms with Crippen LogP contribution in [0, 0.1) is 5.92 Å². The summed E-state index contributed by atoms with van der Waals surface area (Å²) in [5, 5.41) is 11.7. The molecule has 0 atom stereocenters. The monoisotopic (exact) mass is 256 g/mol. The summed E-state index contributed by atoms with van der Waals surface area (Å²) < 4.78 is 1.95. The van der Waals surface area contributed by atoms with Crippen LogP contribution in [0.2, 0.25) is 0 Å². The van der Waals surface area contributed by atoms with E-state index >= 15 is 0 Å². The van der Waals surface area contributed by atoms with Crippen LogP contribution in [-0.2, 0) is 13.1 Å². The molecular weight excluding hydrogens is 232 g/mol. The number of rotatable bonds is 9. The molecule has 0 fully saturated rings. The van der Waals surface area contributed by atoms with Crippen molar-refractivity contribution in [2.45, 2.75) is 40.3 Å². The largest absolute Gasteiger partial charge is 0.311 e. The van der Waals surface area contributed by atoms with Crippen molar-refractivity contribution in [2.24, 2.45) is 5.92 Å². The molecule has 0 saturated carbocycles. The van der Waals surface area contributed by atoms with Gasteiger partial charge in [0.15, 0.2) is 0 Å². The van der Waals surface area contributed by atoms with Gasteiger partial charge in [0.1, 0.15) is 0 Å². The van der Waals surface area contributed by atoms with Crippen molar-refractivity contribution >= 4 is 11.8 Å². The third kappa shape index (κ3) is 6.68. The Labute approximate surface area is 109 Å². The van der Waals surface area contributed by atoms with Gasteiger partial charge in [-0.3, -0.25) is 4.68 Å². The normalized spacial score (nSPS) is 11.3. The first-order valence-corrected chi connectivity index (χ1v) is 7.55. The van der Waals surface area contributed by atoms with Gasteiger partial charge in [0, 0.05) is 19.3 Å². The van der Waals surface area contributed by atoms with Gasteiger partial charge >= 0.3 is 0 Å². The van der Waals surface area contributed by atoms with Gasteiger partial charge in [0.05, 0.1) is 5.69 Å². The third-order valence-electron chi connectivity index (χ3n) is 2.32. The molecule has 0 unspecified atom stereocenters. The summed E-state index contributed by atoms with van der Waals surface area (Å²) in [5.41, 5.74) is 1.04. The highest BCUT2D eigenvalue weighted by atomic mass is 32.2. The minimum atomic E-state index is 0.677. The summed E-state index contributed by atoms with van der Waals surface area (Å²) in [6, 6.07) is 0. The molecule has 1 rings (SSSR count). The van der Waals surface area contributed by atoms with Crippen molar-refractivity contribution in [3.8, 4) is 0 Å². The van der Waals surface area contributed by atoms with Crippen LogP contribution in [0.1, 0.15) is 32.9 Å². The molecular formula is C12H24N4S. The maximum absolute atomic E-state index is 4.16. The van der Waals surface area contributed by atoms with E-state index in [1.165, 1.54) is 17.9 Å². The second kappa shape index (κ2) is 8.53. The van der Waals surface area contributed by atoms with Crippen LogP contribution in [0.3, 0.4) is 0 Å². The van der Waals surface area contributed by atoms with Gasteiger partial charge in [-0.25, -0.2) is 0 Å². The van der Waals surface area contributed by atoms with Gasteiger partial charge < -0.3 is 5.32 Å². The first kappa shape index (κ1) is 14.5. The highest BCUT2D eigenvalue weighted by molar-refractivity contribution is 7.99. The minimum Gasteiger partial charge on any atom is -0.311 e. The molecule has 17 heavy (non-hydrogen) atoms. The van der Waals surface area contributed by atoms with E-state index in [1.807, 2.05) is 22.6 Å². The van der Waals surface area contributed by atoms with Crippen molar-refractivity contribution in [1.82, 2.24) is 20.3 Å². The SMILES string of the molecule is CCSCCCn1cc(CNCC(C)C)nn1. The summed E-state index contributed by atoms with van der Waals surface area (Å²) in [6.45, 7) is 9.43. The molecule has 0 aliphatic heterocycles. The van der Waals surface area contributed by atoms with Crippen molar-refractivity contribution in [3.05, 3.63) is 11.9 Å². The Morgan fingerprint density at radius 1 is 1.47 bits per heavy atom. The number of aromatic nitrogens is 3. The molecule has 4 nitrogen and oxygen atoms in total. The van der Waals surface area contributed by atoms with Gasteiger partial charge in [0.2, 0.25) is 0 Å². The highest BCUT2D eigenvalue weighted by Gasteiger charge is 2.01. The second-order valence-corrected chi connectivity index (χ2v) is 5.94. The smallest absolute Gasteiger partial charge is 0.0964 e. The van der Waals surface area contributed by atoms with Crippen LogP contribution in [0.5, 0.6) is 0 Å². The standard InChI is InChI=1S/C12H24N4S/c1-4-17-7-5-6-16-10-12(14-15-16)9-13-8-11(2)3/h10-11,13H,4-9H2,1-3H3. The second-order valence-electron chi connectivity index (χ2n) is 4.55. The number of nitrogens with zero attached hydrogens (tertiary/aromatic N) is 3. The molecule has 0 bridgehead atoms. The molecule has 1 heterocycles. The predicted molar refractivity (Wildman–Crippen MR) is 74.2 cm³/mol. The van der Waals surface area contributed by atoms with Crippen LogP contribution < -0.4 is 5.32 Å². The molecule has 0 saturated heterocycles. The number of aryl methyl sites for hydroxylation is 1.